The number of anilines is 1. The third-order valence-corrected chi connectivity index (χ3v) is 2.40. The molecule has 0 unspecified atom stereocenters. The first kappa shape index (κ1) is 11.4. The molecule has 0 saturated heterocycles. The Morgan fingerprint density at radius 3 is 2.35 bits per heavy atom. The first-order valence-corrected chi connectivity index (χ1v) is 5.51. The first-order valence-electron chi connectivity index (χ1n) is 5.51. The van der Waals surface area contributed by atoms with E-state index in [1.54, 1.807) is 6.21 Å². The number of rotatable bonds is 4. The number of nitrogens with one attached hydrogen (secondary N) is 1. The number of nitrogens with two attached hydrogens (primary N) is 1. The zero-order valence-corrected chi connectivity index (χ0v) is 9.51. The Hall–Kier alpha value is -2.13. The summed E-state index contributed by atoms with van der Waals surface area (Å²) in [5.41, 5.74) is 11.6. The Balaban J connectivity index is 1.95. The number of hydrazone groups is 1. The minimum absolute atomic E-state index is 0.563. The maximum Gasteiger partial charge on any atom is 0.0562 e. The molecule has 0 radical (unpaired) electrons. The minimum atomic E-state index is 0.563. The summed E-state index contributed by atoms with van der Waals surface area (Å²) >= 11 is 0. The van der Waals surface area contributed by atoms with Gasteiger partial charge in [0.05, 0.1) is 11.9 Å². The third-order valence-electron chi connectivity index (χ3n) is 2.40. The molecule has 3 N–H and O–H groups in total. The fraction of sp³-hybridized carbons (Fsp3) is 0.0714. The van der Waals surface area contributed by atoms with E-state index in [9.17, 15) is 0 Å². The molecule has 86 valence electrons. The topological polar surface area (TPSA) is 50.4 Å². The Morgan fingerprint density at radius 2 is 1.71 bits per heavy atom. The highest BCUT2D eigenvalue weighted by Crippen LogP contribution is 2.08. The molecule has 2 aromatic carbocycles. The number of benzene rings is 2. The van der Waals surface area contributed by atoms with Gasteiger partial charge in [0.15, 0.2) is 0 Å². The van der Waals surface area contributed by atoms with Gasteiger partial charge in [-0.1, -0.05) is 42.5 Å². The summed E-state index contributed by atoms with van der Waals surface area (Å²) in [7, 11) is 0. The summed E-state index contributed by atoms with van der Waals surface area (Å²) in [4.78, 5) is 0. The van der Waals surface area contributed by atoms with E-state index in [1.165, 1.54) is 0 Å². The molecule has 0 aromatic heterocycles. The molecule has 2 rings (SSSR count). The zero-order chi connectivity index (χ0) is 11.9. The second kappa shape index (κ2) is 5.82. The lowest BCUT2D eigenvalue weighted by molar-refractivity contribution is 1.07. The molecule has 3 heteroatoms. The van der Waals surface area contributed by atoms with Gasteiger partial charge >= 0.3 is 0 Å². The molecule has 17 heavy (non-hydrogen) atoms. The Morgan fingerprint density at radius 1 is 1.00 bits per heavy atom. The number of hydrogen-bond donors (Lipinski definition) is 2. The van der Waals surface area contributed by atoms with Gasteiger partial charge in [-0.25, -0.2) is 0 Å². The summed E-state index contributed by atoms with van der Waals surface area (Å²) < 4.78 is 0. The second-order valence-electron chi connectivity index (χ2n) is 3.68. The van der Waals surface area contributed by atoms with Crippen molar-refractivity contribution in [2.24, 2.45) is 10.8 Å². The van der Waals surface area contributed by atoms with Crippen LogP contribution in [-0.4, -0.2) is 6.21 Å². The molecule has 0 bridgehead atoms. The van der Waals surface area contributed by atoms with Crippen LogP contribution in [0.3, 0.4) is 0 Å². The third kappa shape index (κ3) is 3.43. The quantitative estimate of drug-likeness (QED) is 0.620. The van der Waals surface area contributed by atoms with E-state index in [0.29, 0.717) is 6.54 Å². The van der Waals surface area contributed by atoms with Crippen LogP contribution in [0.15, 0.2) is 59.7 Å². The maximum atomic E-state index is 5.53. The lowest BCUT2D eigenvalue weighted by atomic mass is 10.2. The average molecular weight is 225 g/mol. The lowest BCUT2D eigenvalue weighted by Crippen LogP contribution is -1.96. The monoisotopic (exact) mass is 225 g/mol. The molecule has 0 atom stereocenters. The molecule has 3 nitrogen and oxygen atoms in total. The number of hydrogen-bond acceptors (Lipinski definition) is 3. The van der Waals surface area contributed by atoms with Crippen molar-refractivity contribution in [1.82, 2.24) is 0 Å². The highest BCUT2D eigenvalue weighted by atomic mass is 15.3. The Kier molecular flexibility index (Phi) is 3.89. The van der Waals surface area contributed by atoms with E-state index in [1.807, 2.05) is 54.6 Å². The molecule has 0 aliphatic carbocycles. The van der Waals surface area contributed by atoms with Crippen molar-refractivity contribution in [2.45, 2.75) is 6.54 Å². The summed E-state index contributed by atoms with van der Waals surface area (Å²) in [5.74, 6) is 0. The van der Waals surface area contributed by atoms with Gasteiger partial charge in [0.2, 0.25) is 0 Å². The first-order chi connectivity index (χ1) is 8.38. The fourth-order valence-corrected chi connectivity index (χ4v) is 1.44. The largest absolute Gasteiger partial charge is 0.326 e. The molecular formula is C14H15N3. The van der Waals surface area contributed by atoms with Gasteiger partial charge in [-0.15, -0.1) is 0 Å². The molecule has 2 aromatic rings. The number of nitrogens with zero attached hydrogens (tertiary/aromatic N) is 1. The lowest BCUT2D eigenvalue weighted by Gasteiger charge is -2.01. The second-order valence-corrected chi connectivity index (χ2v) is 3.68. The van der Waals surface area contributed by atoms with Crippen LogP contribution in [0.1, 0.15) is 11.1 Å². The van der Waals surface area contributed by atoms with E-state index in [4.69, 9.17) is 5.73 Å². The van der Waals surface area contributed by atoms with Gasteiger partial charge in [0.1, 0.15) is 0 Å². The summed E-state index contributed by atoms with van der Waals surface area (Å²) in [6, 6.07) is 17.9. The molecule has 0 aliphatic rings. The van der Waals surface area contributed by atoms with Crippen LogP contribution in [0.25, 0.3) is 0 Å². The van der Waals surface area contributed by atoms with Crippen molar-refractivity contribution in [1.29, 1.82) is 0 Å². The van der Waals surface area contributed by atoms with E-state index >= 15 is 0 Å². The Labute approximate surface area is 101 Å². The van der Waals surface area contributed by atoms with E-state index in [0.717, 1.165) is 16.8 Å². The van der Waals surface area contributed by atoms with Gasteiger partial charge in [-0.05, 0) is 23.3 Å². The van der Waals surface area contributed by atoms with E-state index in [2.05, 4.69) is 10.5 Å². The van der Waals surface area contributed by atoms with Gasteiger partial charge in [-0.2, -0.15) is 5.10 Å². The standard InChI is InChI=1S/C14H15N3/c15-10-12-6-8-14(9-7-12)17-16-11-13-4-2-1-3-5-13/h1-9,11,17H,10,15H2/b16-11+. The van der Waals surface area contributed by atoms with E-state index < -0.39 is 0 Å². The van der Waals surface area contributed by atoms with Crippen LogP contribution in [0.4, 0.5) is 5.69 Å². The highest BCUT2D eigenvalue weighted by Gasteiger charge is 1.90. The van der Waals surface area contributed by atoms with Crippen LogP contribution in [0.5, 0.6) is 0 Å². The summed E-state index contributed by atoms with van der Waals surface area (Å²) in [5, 5.41) is 4.16. The smallest absolute Gasteiger partial charge is 0.0562 e. The van der Waals surface area contributed by atoms with Gasteiger partial charge in [0.25, 0.3) is 0 Å². The molecule has 0 saturated carbocycles. The predicted molar refractivity (Wildman–Crippen MR) is 72.0 cm³/mol. The van der Waals surface area contributed by atoms with Gasteiger partial charge in [-0.3, -0.25) is 5.43 Å². The van der Waals surface area contributed by atoms with Crippen molar-refractivity contribution in [3.05, 3.63) is 65.7 Å². The van der Waals surface area contributed by atoms with Crippen molar-refractivity contribution < 1.29 is 0 Å². The molecule has 0 aliphatic heterocycles. The van der Waals surface area contributed by atoms with Crippen molar-refractivity contribution in [3.8, 4) is 0 Å². The summed E-state index contributed by atoms with van der Waals surface area (Å²) in [6.07, 6.45) is 1.79. The average Bonchev–Trinajstić information content (AvgIpc) is 2.41. The molecule has 0 heterocycles. The molecule has 0 fully saturated rings. The highest BCUT2D eigenvalue weighted by molar-refractivity contribution is 5.80. The maximum absolute atomic E-state index is 5.53. The van der Waals surface area contributed by atoms with E-state index in [-0.39, 0.29) is 0 Å². The van der Waals surface area contributed by atoms with Gasteiger partial charge < -0.3 is 5.73 Å². The van der Waals surface area contributed by atoms with Crippen molar-refractivity contribution in [2.75, 3.05) is 5.43 Å². The molecular weight excluding hydrogens is 210 g/mol. The predicted octanol–water partition coefficient (Wildman–Crippen LogP) is 2.59. The van der Waals surface area contributed by atoms with Crippen LogP contribution >= 0.6 is 0 Å². The summed E-state index contributed by atoms with van der Waals surface area (Å²) in [6.45, 7) is 0.563. The zero-order valence-electron chi connectivity index (χ0n) is 9.51. The minimum Gasteiger partial charge on any atom is -0.326 e. The SMILES string of the molecule is NCc1ccc(N/N=C/c2ccccc2)cc1. The fourth-order valence-electron chi connectivity index (χ4n) is 1.44. The molecule has 0 spiro atoms. The van der Waals surface area contributed by atoms with Crippen LogP contribution in [0.2, 0.25) is 0 Å². The van der Waals surface area contributed by atoms with Crippen molar-refractivity contribution >= 4 is 11.9 Å². The van der Waals surface area contributed by atoms with Gasteiger partial charge in [0, 0.05) is 6.54 Å². The molecule has 0 amide bonds. The van der Waals surface area contributed by atoms with Crippen LogP contribution in [0, 0.1) is 0 Å². The normalized spacial score (nSPS) is 10.6. The van der Waals surface area contributed by atoms with Crippen LogP contribution < -0.4 is 11.2 Å². The Bertz CT molecular complexity index is 475. The van der Waals surface area contributed by atoms with Crippen molar-refractivity contribution in [3.63, 3.8) is 0 Å². The van der Waals surface area contributed by atoms with Crippen LogP contribution in [-0.2, 0) is 6.54 Å².